The predicted octanol–water partition coefficient (Wildman–Crippen LogP) is 0.795. The zero-order valence-electron chi connectivity index (χ0n) is 2.81. The minimum Gasteiger partial charge on any atom is -0.298 e. The second-order valence-electron chi connectivity index (χ2n) is 0.760. The Bertz CT molecular complexity index is 81.6. The fourth-order valence-corrected chi connectivity index (χ4v) is 0.624. The van der Waals surface area contributed by atoms with Gasteiger partial charge in [0.1, 0.15) is 4.36 Å². The van der Waals surface area contributed by atoms with Crippen LogP contribution in [0.5, 0.6) is 0 Å². The van der Waals surface area contributed by atoms with Gasteiger partial charge in [0.05, 0.1) is 0 Å². The van der Waals surface area contributed by atoms with Crippen LogP contribution in [0.3, 0.4) is 0 Å². The Kier molecular flexibility index (Phi) is 1.24. The van der Waals surface area contributed by atoms with Crippen LogP contribution in [0, 0.1) is 0 Å². The number of hydrogen-bond acceptors (Lipinski definition) is 2. The molecular formula is C2H2ClN2S. The van der Waals surface area contributed by atoms with E-state index in [1.165, 1.54) is 11.9 Å². The Balaban J connectivity index is 2.45. The van der Waals surface area contributed by atoms with Crippen LogP contribution in [0.25, 0.3) is 0 Å². The topological polar surface area (TPSA) is 26.1 Å². The van der Waals surface area contributed by atoms with Crippen molar-refractivity contribution >= 4 is 23.5 Å². The monoisotopic (exact) mass is 121 g/mol. The van der Waals surface area contributed by atoms with Gasteiger partial charge in [0.2, 0.25) is 0 Å². The van der Waals surface area contributed by atoms with E-state index >= 15 is 0 Å². The number of nitrogens with zero attached hydrogens (tertiary/aromatic N) is 1. The van der Waals surface area contributed by atoms with Gasteiger partial charge in [-0.1, -0.05) is 16.4 Å². The quantitative estimate of drug-likeness (QED) is 0.480. The first-order chi connectivity index (χ1) is 2.89. The first-order valence-corrected chi connectivity index (χ1v) is 2.53. The molecule has 1 aliphatic heterocycles. The lowest BCUT2D eigenvalue weighted by Crippen LogP contribution is -2.02. The Hall–Kier alpha value is 0.140. The fraction of sp³-hybridized carbons (Fsp3) is 0. The van der Waals surface area contributed by atoms with E-state index in [1.54, 1.807) is 6.20 Å². The second-order valence-corrected chi connectivity index (χ2v) is 2.20. The van der Waals surface area contributed by atoms with Crippen molar-refractivity contribution in [3.8, 4) is 0 Å². The molecule has 0 aromatic rings. The van der Waals surface area contributed by atoms with E-state index < -0.39 is 0 Å². The molecule has 4 heteroatoms. The van der Waals surface area contributed by atoms with Crippen LogP contribution in [0.4, 0.5) is 0 Å². The molecule has 1 radical (unpaired) electrons. The molecule has 0 spiro atoms. The third kappa shape index (κ3) is 0.801. The van der Waals surface area contributed by atoms with Crippen LogP contribution in [0.2, 0.25) is 0 Å². The molecule has 0 saturated heterocycles. The van der Waals surface area contributed by atoms with Crippen molar-refractivity contribution < 1.29 is 0 Å². The number of hydrogen-bond donors (Lipinski definition) is 1. The molecule has 0 fully saturated rings. The average Bonchev–Trinajstić information content (AvgIpc) is 1.86. The van der Waals surface area contributed by atoms with Crippen molar-refractivity contribution in [3.63, 3.8) is 0 Å². The maximum Gasteiger partial charge on any atom is 0.109 e. The van der Waals surface area contributed by atoms with E-state index in [2.05, 4.69) is 10.3 Å². The summed E-state index contributed by atoms with van der Waals surface area (Å²) in [4.78, 5) is 3.61. The van der Waals surface area contributed by atoms with Crippen molar-refractivity contribution in [2.45, 2.75) is 0 Å². The molecule has 0 aromatic carbocycles. The molecule has 1 heterocycles. The van der Waals surface area contributed by atoms with Crippen molar-refractivity contribution in [1.82, 2.24) is 10.3 Å². The molecule has 0 atom stereocenters. The lowest BCUT2D eigenvalue weighted by atomic mass is 11.1. The zero-order chi connectivity index (χ0) is 4.41. The summed E-state index contributed by atoms with van der Waals surface area (Å²) in [6.07, 6.45) is 1.63. The van der Waals surface area contributed by atoms with Crippen molar-refractivity contribution in [1.29, 1.82) is 0 Å². The highest BCUT2D eigenvalue weighted by molar-refractivity contribution is 8.02. The SMILES string of the molecule is ClC1=CN[N]S1. The van der Waals surface area contributed by atoms with Gasteiger partial charge >= 0.3 is 0 Å². The van der Waals surface area contributed by atoms with Crippen molar-refractivity contribution in [3.05, 3.63) is 10.6 Å². The van der Waals surface area contributed by atoms with E-state index in [0.29, 0.717) is 4.36 Å². The minimum atomic E-state index is 0.690. The Morgan fingerprint density at radius 2 is 2.83 bits per heavy atom. The minimum absolute atomic E-state index is 0.690. The summed E-state index contributed by atoms with van der Waals surface area (Å²) in [5.74, 6) is 0. The zero-order valence-corrected chi connectivity index (χ0v) is 4.38. The first-order valence-electron chi connectivity index (χ1n) is 1.38. The van der Waals surface area contributed by atoms with Crippen LogP contribution >= 0.6 is 23.5 Å². The molecular weight excluding hydrogens is 120 g/mol. The smallest absolute Gasteiger partial charge is 0.109 e. The maximum atomic E-state index is 5.38. The molecule has 0 unspecified atom stereocenters. The molecule has 0 saturated carbocycles. The van der Waals surface area contributed by atoms with Crippen LogP contribution in [-0.4, -0.2) is 0 Å². The third-order valence-electron chi connectivity index (χ3n) is 0.364. The van der Waals surface area contributed by atoms with Gasteiger partial charge < -0.3 is 0 Å². The highest BCUT2D eigenvalue weighted by Gasteiger charge is 1.98. The lowest BCUT2D eigenvalue weighted by molar-refractivity contribution is 0.880. The molecule has 33 valence electrons. The van der Waals surface area contributed by atoms with Gasteiger partial charge in [-0.25, -0.2) is 0 Å². The Morgan fingerprint density at radius 3 is 3.00 bits per heavy atom. The van der Waals surface area contributed by atoms with Gasteiger partial charge in [-0.3, -0.25) is 5.43 Å². The van der Waals surface area contributed by atoms with Crippen molar-refractivity contribution in [2.75, 3.05) is 0 Å². The standard InChI is InChI=1S/C2H2ClN2S/c3-2-1-4-5-6-2/h1,4H. The van der Waals surface area contributed by atoms with Crippen LogP contribution in [-0.2, 0) is 0 Å². The molecule has 1 aliphatic rings. The normalized spacial score (nSPS) is 19.8. The molecule has 2 nitrogen and oxygen atoms in total. The van der Waals surface area contributed by atoms with Gasteiger partial charge in [-0.15, -0.1) is 0 Å². The molecule has 1 rings (SSSR count). The summed E-state index contributed by atoms with van der Waals surface area (Å²) in [6, 6.07) is 0. The summed E-state index contributed by atoms with van der Waals surface area (Å²) >= 11 is 6.62. The first kappa shape index (κ1) is 4.30. The Morgan fingerprint density at radius 1 is 2.00 bits per heavy atom. The average molecular weight is 122 g/mol. The summed E-state index contributed by atoms with van der Waals surface area (Å²) < 4.78 is 0.690. The van der Waals surface area contributed by atoms with E-state index in [4.69, 9.17) is 11.6 Å². The van der Waals surface area contributed by atoms with Crippen molar-refractivity contribution in [2.24, 2.45) is 0 Å². The lowest BCUT2D eigenvalue weighted by Gasteiger charge is -1.77. The van der Waals surface area contributed by atoms with Gasteiger partial charge in [0.15, 0.2) is 0 Å². The second kappa shape index (κ2) is 1.73. The van der Waals surface area contributed by atoms with Gasteiger partial charge in [-0.05, 0) is 0 Å². The predicted molar refractivity (Wildman–Crippen MR) is 26.8 cm³/mol. The van der Waals surface area contributed by atoms with E-state index in [9.17, 15) is 0 Å². The Labute approximate surface area is 45.0 Å². The van der Waals surface area contributed by atoms with Gasteiger partial charge in [0, 0.05) is 18.1 Å². The number of rotatable bonds is 0. The largest absolute Gasteiger partial charge is 0.298 e. The molecule has 0 amide bonds. The van der Waals surface area contributed by atoms with Gasteiger partial charge in [-0.2, -0.15) is 0 Å². The van der Waals surface area contributed by atoms with E-state index in [0.717, 1.165) is 0 Å². The third-order valence-corrected chi connectivity index (χ3v) is 1.17. The summed E-state index contributed by atoms with van der Waals surface area (Å²) in [5, 5.41) is 0. The molecule has 1 N–H and O–H groups in total. The van der Waals surface area contributed by atoms with Crippen LogP contribution in [0.1, 0.15) is 0 Å². The molecule has 0 bridgehead atoms. The van der Waals surface area contributed by atoms with Crippen LogP contribution < -0.4 is 10.3 Å². The molecule has 0 aromatic heterocycles. The van der Waals surface area contributed by atoms with E-state index in [1.807, 2.05) is 0 Å². The summed E-state index contributed by atoms with van der Waals surface area (Å²) in [6.45, 7) is 0. The fourth-order valence-electron chi connectivity index (χ4n) is 0.173. The molecule has 0 aliphatic carbocycles. The van der Waals surface area contributed by atoms with E-state index in [-0.39, 0.29) is 0 Å². The maximum absolute atomic E-state index is 5.38. The highest BCUT2D eigenvalue weighted by Crippen LogP contribution is 2.18. The molecule has 6 heavy (non-hydrogen) atoms. The van der Waals surface area contributed by atoms with Gasteiger partial charge in [0.25, 0.3) is 0 Å². The van der Waals surface area contributed by atoms with Crippen LogP contribution in [0.15, 0.2) is 10.6 Å². The number of nitrogens with one attached hydrogen (secondary N) is 1. The summed E-state index contributed by atoms with van der Waals surface area (Å²) in [5.41, 5.74) is 2.57. The highest BCUT2D eigenvalue weighted by atomic mass is 35.5. The number of halogens is 1. The summed E-state index contributed by atoms with van der Waals surface area (Å²) in [7, 11) is 0.